The number of hydrogen-bond donors (Lipinski definition) is 4. The zero-order chi connectivity index (χ0) is 80.3. The average Bonchev–Trinajstić information content (AvgIpc) is 1.60. The molecule has 0 bridgehead atoms. The number of nitrogen functional groups attached to an aromatic ring is 1. The van der Waals surface area contributed by atoms with Gasteiger partial charge < -0.3 is 21.1 Å². The summed E-state index contributed by atoms with van der Waals surface area (Å²) < 4.78 is 35.5. The van der Waals surface area contributed by atoms with E-state index in [4.69, 9.17) is 39.0 Å². The number of anilines is 2. The molecule has 0 aliphatic rings. The van der Waals surface area contributed by atoms with Crippen molar-refractivity contribution in [3.63, 3.8) is 0 Å². The first-order valence-electron chi connectivity index (χ1n) is 35.6. The third kappa shape index (κ3) is 28.5. The van der Waals surface area contributed by atoms with Gasteiger partial charge in [0.2, 0.25) is 0 Å². The van der Waals surface area contributed by atoms with Gasteiger partial charge in [-0.05, 0) is 137 Å². The Morgan fingerprint density at radius 3 is 0.835 bits per heavy atom. The molecule has 0 aliphatic heterocycles. The number of thiazole rings is 2. The van der Waals surface area contributed by atoms with Gasteiger partial charge in [-0.2, -0.15) is 13.2 Å². The number of hydrogen-bond acceptors (Lipinski definition) is 10. The van der Waals surface area contributed by atoms with Crippen molar-refractivity contribution in [1.29, 1.82) is 0 Å². The van der Waals surface area contributed by atoms with Gasteiger partial charge in [-0.3, -0.25) is 14.8 Å². The maximum Gasteiger partial charge on any atom is 0.490 e. The summed E-state index contributed by atoms with van der Waals surface area (Å²) in [6.07, 6.45) is -1.75. The Kier molecular flexibility index (Phi) is 37.1. The number of nitrogens with two attached hydrogens (primary N) is 1. The molecule has 16 rings (SSSR count). The molecule has 0 unspecified atom stereocenters. The van der Waals surface area contributed by atoms with Crippen molar-refractivity contribution in [1.82, 2.24) is 19.9 Å². The topological polar surface area (TPSA) is 147 Å². The number of halogens is 6. The molecule has 0 aliphatic carbocycles. The molecule has 0 saturated carbocycles. The Morgan fingerprint density at radius 1 is 0.400 bits per heavy atom. The third-order valence-electron chi connectivity index (χ3n) is 16.3. The van der Waals surface area contributed by atoms with Crippen LogP contribution in [-0.2, 0) is 25.2 Å². The number of benzene rings is 12. The summed E-state index contributed by atoms with van der Waals surface area (Å²) in [7, 11) is -3.28. The number of nitrogens with zero attached hydrogens (tertiary/aromatic N) is 4. The van der Waals surface area contributed by atoms with Crippen LogP contribution in [0.5, 0.6) is 0 Å². The molecule has 580 valence electrons. The molecular weight excluding hydrogens is 1750 g/mol. The Morgan fingerprint density at radius 2 is 0.643 bits per heavy atom. The van der Waals surface area contributed by atoms with E-state index in [-0.39, 0.29) is 26.2 Å². The summed E-state index contributed by atoms with van der Waals surface area (Å²) in [5.74, 6) is -1.61. The van der Waals surface area contributed by atoms with Crippen LogP contribution in [0.15, 0.2) is 403 Å². The van der Waals surface area contributed by atoms with Gasteiger partial charge in [0.05, 0.1) is 21.4 Å². The molecule has 12 aromatic carbocycles. The SMILES string of the molecule is Cc1ncc(-c2nc(N)cs2)cc1Cl.Cc1ncc(B(O)O)cc1Cl.O=C(Nc1csc(Br)n1)C(F)(F)F.[Pd].c1ccc(P(c2ccccc2)c2ccccc2)cc1.c1ccc(P(c2ccccc2)c2ccccc2)cc1.c1ccc(P(c2ccccc2)c2ccccc2)cc1.c1ccc(P(c2ccccc2)c2ccccc2)cc1. The molecule has 1 amide bonds. The maximum atomic E-state index is 11.7. The van der Waals surface area contributed by atoms with Crippen molar-refractivity contribution >= 4 is 187 Å². The number of rotatable bonds is 15. The molecule has 23 heteroatoms. The predicted molar refractivity (Wildman–Crippen MR) is 488 cm³/mol. The molecule has 115 heavy (non-hydrogen) atoms. The van der Waals surface area contributed by atoms with Crippen LogP contribution in [0.2, 0.25) is 10.0 Å². The summed E-state index contributed by atoms with van der Waals surface area (Å²) in [5.41, 5.74) is 8.24. The summed E-state index contributed by atoms with van der Waals surface area (Å²) >= 11 is 17.1. The molecule has 0 fully saturated rings. The molecule has 0 spiro atoms. The predicted octanol–water partition coefficient (Wildman–Crippen LogP) is 18.7. The Balaban J connectivity index is 0.000000155. The fraction of sp³-hybridized carbons (Fsp3) is 0.0326. The van der Waals surface area contributed by atoms with Crippen LogP contribution in [0.3, 0.4) is 0 Å². The van der Waals surface area contributed by atoms with E-state index < -0.39 is 50.9 Å². The maximum absolute atomic E-state index is 11.7. The average molecular weight is 1830 g/mol. The first-order valence-corrected chi connectivity index (χ1v) is 44.3. The normalized spacial score (nSPS) is 10.5. The molecule has 4 heterocycles. The molecule has 9 nitrogen and oxygen atoms in total. The van der Waals surface area contributed by atoms with E-state index in [2.05, 4.69) is 400 Å². The van der Waals surface area contributed by atoms with E-state index in [1.165, 1.54) is 92.6 Å². The van der Waals surface area contributed by atoms with Crippen LogP contribution >= 0.6 is 93.5 Å². The number of alkyl halides is 3. The molecule has 0 saturated heterocycles. The smallest absolute Gasteiger partial charge is 0.423 e. The van der Waals surface area contributed by atoms with Crippen LogP contribution in [-0.4, -0.2) is 49.2 Å². The van der Waals surface area contributed by atoms with Gasteiger partial charge in [-0.25, -0.2) is 9.97 Å². The standard InChI is InChI=1S/4C18H15P.C9H8ClN3S.C6H7BClNO2.C5H2BrF3N2OS.Pd/c4*1-4-10-16(11-5-1)19(17-12-6-2-7-13-17)18-14-8-3-9-15-18;1-5-7(10)2-6(3-12-5)9-13-8(11)4-14-9;1-4-6(8)2-5(3-9-4)7(10)11;6-4-11-2(1-13-4)10-3(12)5(7,8)9;/h4*1-15H;2-4H,11H2,1H3;2-3,10-11H,1H3;1H,(H,10,12);. The number of carbonyl (C=O) groups excluding carboxylic acids is 1. The summed E-state index contributed by atoms with van der Waals surface area (Å²) in [4.78, 5) is 26.1. The minimum absolute atomic E-state index is 0. The third-order valence-corrected chi connectivity index (χ3v) is 29.1. The number of amides is 1. The fourth-order valence-corrected chi connectivity index (χ4v) is 22.1. The molecule has 0 atom stereocenters. The van der Waals surface area contributed by atoms with Crippen molar-refractivity contribution < 1.29 is 48.4 Å². The zero-order valence-corrected chi connectivity index (χ0v) is 71.9. The second-order valence-electron chi connectivity index (χ2n) is 24.4. The summed E-state index contributed by atoms with van der Waals surface area (Å²) in [5, 5.41) is 40.8. The van der Waals surface area contributed by atoms with Gasteiger partial charge in [-0.15, -0.1) is 22.7 Å². The van der Waals surface area contributed by atoms with E-state index in [9.17, 15) is 18.0 Å². The van der Waals surface area contributed by atoms with Gasteiger partial charge in [-0.1, -0.05) is 387 Å². The van der Waals surface area contributed by atoms with Gasteiger partial charge in [0.15, 0.2) is 3.92 Å². The van der Waals surface area contributed by atoms with Gasteiger partial charge >= 0.3 is 19.2 Å². The number of pyridine rings is 2. The Labute approximate surface area is 715 Å². The van der Waals surface area contributed by atoms with Crippen LogP contribution in [0.1, 0.15) is 11.4 Å². The van der Waals surface area contributed by atoms with Crippen molar-refractivity contribution in [2.45, 2.75) is 20.0 Å². The first-order chi connectivity index (χ1) is 55.5. The Bertz CT molecular complexity index is 4610. The van der Waals surface area contributed by atoms with Crippen molar-refractivity contribution in [2.24, 2.45) is 0 Å². The molecular formula is C92H77BBrCl2F3N6O3P4PdS2. The van der Waals surface area contributed by atoms with Gasteiger partial charge in [0.25, 0.3) is 0 Å². The summed E-state index contributed by atoms with van der Waals surface area (Å²) in [6, 6.07) is 133. The largest absolute Gasteiger partial charge is 0.490 e. The fourth-order valence-electron chi connectivity index (χ4n) is 10.9. The minimum atomic E-state index is -4.88. The molecule has 0 radical (unpaired) electrons. The van der Waals surface area contributed by atoms with Crippen LogP contribution in [0, 0.1) is 13.8 Å². The molecule has 4 aromatic heterocycles. The van der Waals surface area contributed by atoms with E-state index in [0.717, 1.165) is 27.6 Å². The van der Waals surface area contributed by atoms with Crippen LogP contribution in [0.4, 0.5) is 24.8 Å². The van der Waals surface area contributed by atoms with Crippen molar-refractivity contribution in [2.75, 3.05) is 11.1 Å². The minimum Gasteiger partial charge on any atom is -0.423 e. The first kappa shape index (κ1) is 89.6. The van der Waals surface area contributed by atoms with E-state index in [1.54, 1.807) is 23.8 Å². The van der Waals surface area contributed by atoms with E-state index in [1.807, 2.05) is 13.0 Å². The van der Waals surface area contributed by atoms with E-state index in [0.29, 0.717) is 30.9 Å². The van der Waals surface area contributed by atoms with Gasteiger partial charge in [0, 0.05) is 54.6 Å². The molecule has 5 N–H and O–H groups in total. The quantitative estimate of drug-likeness (QED) is 0.0586. The number of aryl methyl sites for hydroxylation is 2. The Hall–Kier alpha value is -9.31. The van der Waals surface area contributed by atoms with Gasteiger partial charge in [0.1, 0.15) is 16.6 Å². The second kappa shape index (κ2) is 47.7. The second-order valence-corrected chi connectivity index (χ2v) is 37.1. The van der Waals surface area contributed by atoms with Crippen molar-refractivity contribution in [3.05, 3.63) is 425 Å². The molecule has 16 aromatic rings. The van der Waals surface area contributed by atoms with E-state index >= 15 is 0 Å². The number of aromatic nitrogens is 4. The summed E-state index contributed by atoms with van der Waals surface area (Å²) in [6.45, 7) is 3.61. The number of nitrogens with one attached hydrogen (secondary N) is 1. The number of carbonyl (C=O) groups is 1. The van der Waals surface area contributed by atoms with Crippen molar-refractivity contribution in [3.8, 4) is 10.6 Å². The van der Waals surface area contributed by atoms with Crippen LogP contribution in [0.25, 0.3) is 10.6 Å². The zero-order valence-electron chi connectivity index (χ0n) is 62.0. The van der Waals surface area contributed by atoms with Crippen LogP contribution < -0.4 is 80.2 Å². The monoisotopic (exact) mass is 1820 g/mol.